The minimum Gasteiger partial charge on any atom is -0.344 e. The van der Waals surface area contributed by atoms with E-state index in [9.17, 15) is 4.79 Å². The number of nitrogens with one attached hydrogen (secondary N) is 2. The summed E-state index contributed by atoms with van der Waals surface area (Å²) in [4.78, 5) is 17.3. The molecule has 0 bridgehead atoms. The van der Waals surface area contributed by atoms with E-state index in [0.717, 1.165) is 11.4 Å². The van der Waals surface area contributed by atoms with Crippen molar-refractivity contribution in [2.45, 2.75) is 39.3 Å². The zero-order valence-corrected chi connectivity index (χ0v) is 11.8. The quantitative estimate of drug-likeness (QED) is 0.766. The fraction of sp³-hybridized carbons (Fsp3) is 0.538. The normalized spacial score (nSPS) is 13.7. The molecule has 0 aliphatic carbocycles. The van der Waals surface area contributed by atoms with Gasteiger partial charge in [0.05, 0.1) is 18.6 Å². The van der Waals surface area contributed by atoms with Gasteiger partial charge in [-0.3, -0.25) is 10.1 Å². The smallest absolute Gasteiger partial charge is 0.237 e. The molecule has 0 saturated carbocycles. The standard InChI is InChI=1S/C13H19N3OS/c1-5-7-14-12(17)9(3)16-10(4)13-15-8-11(6-2)18-13/h1,8-10,16H,6-7H2,2-4H3,(H,14,17). The molecule has 0 aromatic carbocycles. The number of carbonyl (C=O) groups is 1. The molecule has 1 rings (SSSR count). The molecule has 0 saturated heterocycles. The summed E-state index contributed by atoms with van der Waals surface area (Å²) in [7, 11) is 0. The third-order valence-corrected chi connectivity index (χ3v) is 3.87. The molecule has 18 heavy (non-hydrogen) atoms. The Morgan fingerprint density at radius 1 is 1.61 bits per heavy atom. The first-order valence-electron chi connectivity index (χ1n) is 6.00. The summed E-state index contributed by atoms with van der Waals surface area (Å²) in [6.07, 6.45) is 7.97. The predicted molar refractivity (Wildman–Crippen MR) is 74.3 cm³/mol. The summed E-state index contributed by atoms with van der Waals surface area (Å²) in [6, 6.07) is -0.232. The summed E-state index contributed by atoms with van der Waals surface area (Å²) in [5.74, 6) is 2.29. The zero-order valence-electron chi connectivity index (χ0n) is 11.0. The van der Waals surface area contributed by atoms with Crippen LogP contribution in [0, 0.1) is 12.3 Å². The van der Waals surface area contributed by atoms with E-state index in [0.29, 0.717) is 0 Å². The number of terminal acetylenes is 1. The van der Waals surface area contributed by atoms with Crippen LogP contribution >= 0.6 is 11.3 Å². The number of aryl methyl sites for hydroxylation is 1. The van der Waals surface area contributed by atoms with Crippen LogP contribution in [0.25, 0.3) is 0 Å². The van der Waals surface area contributed by atoms with Crippen LogP contribution in [-0.4, -0.2) is 23.5 Å². The minimum absolute atomic E-state index is 0.0573. The van der Waals surface area contributed by atoms with Gasteiger partial charge >= 0.3 is 0 Å². The van der Waals surface area contributed by atoms with Gasteiger partial charge in [-0.2, -0.15) is 0 Å². The van der Waals surface area contributed by atoms with Gasteiger partial charge in [0.15, 0.2) is 0 Å². The third kappa shape index (κ3) is 4.13. The Balaban J connectivity index is 2.51. The fourth-order valence-corrected chi connectivity index (χ4v) is 2.37. The molecule has 0 aliphatic heterocycles. The Bertz CT molecular complexity index is 436. The highest BCUT2D eigenvalue weighted by molar-refractivity contribution is 7.11. The lowest BCUT2D eigenvalue weighted by Crippen LogP contribution is -2.43. The second-order valence-corrected chi connectivity index (χ2v) is 5.20. The molecule has 0 spiro atoms. The average molecular weight is 265 g/mol. The molecule has 98 valence electrons. The van der Waals surface area contributed by atoms with Gasteiger partial charge in [0.25, 0.3) is 0 Å². The molecule has 1 heterocycles. The minimum atomic E-state index is -0.290. The summed E-state index contributed by atoms with van der Waals surface area (Å²) in [5, 5.41) is 6.86. The number of amides is 1. The van der Waals surface area contributed by atoms with Crippen LogP contribution in [0.2, 0.25) is 0 Å². The maximum Gasteiger partial charge on any atom is 0.237 e. The van der Waals surface area contributed by atoms with Gasteiger partial charge in [0.2, 0.25) is 5.91 Å². The van der Waals surface area contributed by atoms with E-state index in [1.54, 1.807) is 11.3 Å². The van der Waals surface area contributed by atoms with E-state index in [1.165, 1.54) is 4.88 Å². The molecule has 1 aromatic rings. The Labute approximate surface area is 112 Å². The van der Waals surface area contributed by atoms with Gasteiger partial charge in [0.1, 0.15) is 5.01 Å². The largest absolute Gasteiger partial charge is 0.344 e. The van der Waals surface area contributed by atoms with Gasteiger partial charge in [-0.25, -0.2) is 4.98 Å². The first kappa shape index (κ1) is 14.7. The zero-order chi connectivity index (χ0) is 13.5. The molecule has 0 radical (unpaired) electrons. The monoisotopic (exact) mass is 265 g/mol. The van der Waals surface area contributed by atoms with E-state index < -0.39 is 0 Å². The highest BCUT2D eigenvalue weighted by Crippen LogP contribution is 2.20. The molecule has 2 N–H and O–H groups in total. The van der Waals surface area contributed by atoms with E-state index >= 15 is 0 Å². The average Bonchev–Trinajstić information content (AvgIpc) is 2.84. The highest BCUT2D eigenvalue weighted by Gasteiger charge is 2.17. The van der Waals surface area contributed by atoms with Crippen molar-refractivity contribution < 1.29 is 4.79 Å². The van der Waals surface area contributed by atoms with Crippen molar-refractivity contribution in [1.82, 2.24) is 15.6 Å². The maximum absolute atomic E-state index is 11.6. The summed E-state index contributed by atoms with van der Waals surface area (Å²) in [5.41, 5.74) is 0. The number of thiazole rings is 1. The highest BCUT2D eigenvalue weighted by atomic mass is 32.1. The first-order chi connectivity index (χ1) is 8.58. The Morgan fingerprint density at radius 3 is 2.89 bits per heavy atom. The van der Waals surface area contributed by atoms with Crippen LogP contribution in [-0.2, 0) is 11.2 Å². The van der Waals surface area contributed by atoms with Gasteiger partial charge in [-0.1, -0.05) is 12.8 Å². The number of rotatable bonds is 6. The summed E-state index contributed by atoms with van der Waals surface area (Å²) < 4.78 is 0. The lowest BCUT2D eigenvalue weighted by atomic mass is 10.2. The van der Waals surface area contributed by atoms with Crippen LogP contribution in [0.4, 0.5) is 0 Å². The van der Waals surface area contributed by atoms with Crippen molar-refractivity contribution in [2.75, 3.05) is 6.54 Å². The van der Waals surface area contributed by atoms with Crippen molar-refractivity contribution in [1.29, 1.82) is 0 Å². The van der Waals surface area contributed by atoms with Crippen molar-refractivity contribution in [3.05, 3.63) is 16.1 Å². The molecule has 1 amide bonds. The lowest BCUT2D eigenvalue weighted by molar-refractivity contribution is -0.122. The fourth-order valence-electron chi connectivity index (χ4n) is 1.50. The third-order valence-electron chi connectivity index (χ3n) is 2.55. The molecule has 1 aromatic heterocycles. The summed E-state index contributed by atoms with van der Waals surface area (Å²) >= 11 is 1.67. The van der Waals surface area contributed by atoms with Crippen LogP contribution < -0.4 is 10.6 Å². The van der Waals surface area contributed by atoms with Crippen LogP contribution in [0.1, 0.15) is 36.7 Å². The number of nitrogens with zero attached hydrogens (tertiary/aromatic N) is 1. The van der Waals surface area contributed by atoms with Crippen molar-refractivity contribution in [3.63, 3.8) is 0 Å². The molecule has 0 aliphatic rings. The molecular weight excluding hydrogens is 246 g/mol. The second-order valence-electron chi connectivity index (χ2n) is 4.05. The van der Waals surface area contributed by atoms with Crippen molar-refractivity contribution in [2.24, 2.45) is 0 Å². The number of hydrogen-bond donors (Lipinski definition) is 2. The van der Waals surface area contributed by atoms with Crippen LogP contribution in [0.3, 0.4) is 0 Å². The molecule has 2 unspecified atom stereocenters. The lowest BCUT2D eigenvalue weighted by Gasteiger charge is -2.17. The van der Waals surface area contributed by atoms with E-state index in [4.69, 9.17) is 6.42 Å². The predicted octanol–water partition coefficient (Wildman–Crippen LogP) is 1.49. The molecule has 0 fully saturated rings. The molecule has 4 nitrogen and oxygen atoms in total. The Hall–Kier alpha value is -1.38. The first-order valence-corrected chi connectivity index (χ1v) is 6.82. The van der Waals surface area contributed by atoms with E-state index in [1.807, 2.05) is 20.0 Å². The Kier molecular flexibility index (Phi) is 5.83. The van der Waals surface area contributed by atoms with E-state index in [2.05, 4.69) is 28.5 Å². The van der Waals surface area contributed by atoms with Gasteiger partial charge in [-0.05, 0) is 20.3 Å². The Morgan fingerprint density at radius 2 is 2.33 bits per heavy atom. The molecule has 5 heteroatoms. The van der Waals surface area contributed by atoms with Crippen LogP contribution in [0.15, 0.2) is 6.20 Å². The van der Waals surface area contributed by atoms with Crippen molar-refractivity contribution in [3.8, 4) is 12.3 Å². The SMILES string of the molecule is C#CCNC(=O)C(C)NC(C)c1ncc(CC)s1. The van der Waals surface area contributed by atoms with E-state index in [-0.39, 0.29) is 24.5 Å². The van der Waals surface area contributed by atoms with Gasteiger partial charge < -0.3 is 5.32 Å². The number of hydrogen-bond acceptors (Lipinski definition) is 4. The van der Waals surface area contributed by atoms with Crippen LogP contribution in [0.5, 0.6) is 0 Å². The topological polar surface area (TPSA) is 54.0 Å². The molecule has 2 atom stereocenters. The van der Waals surface area contributed by atoms with Gasteiger partial charge in [-0.15, -0.1) is 17.8 Å². The maximum atomic E-state index is 11.6. The molecular formula is C13H19N3OS. The number of aromatic nitrogens is 1. The van der Waals surface area contributed by atoms with Crippen molar-refractivity contribution >= 4 is 17.2 Å². The number of carbonyl (C=O) groups excluding carboxylic acids is 1. The summed E-state index contributed by atoms with van der Waals surface area (Å²) in [6.45, 7) is 6.18. The second kappa shape index (κ2) is 7.14. The van der Waals surface area contributed by atoms with Gasteiger partial charge in [0, 0.05) is 11.1 Å².